The first-order valence-corrected chi connectivity index (χ1v) is 7.45. The van der Waals surface area contributed by atoms with E-state index in [1.54, 1.807) is 11.3 Å². The Morgan fingerprint density at radius 3 is 2.29 bits per heavy atom. The lowest BCUT2D eigenvalue weighted by Crippen LogP contribution is -2.42. The maximum Gasteiger partial charge on any atom is 0.113 e. The molecule has 17 heavy (non-hydrogen) atoms. The number of nitrogens with zero attached hydrogens (tertiary/aromatic N) is 1. The molecule has 0 aromatic carbocycles. The van der Waals surface area contributed by atoms with Gasteiger partial charge in [-0.25, -0.2) is 4.98 Å². The molecule has 0 amide bonds. The van der Waals surface area contributed by atoms with Crippen LogP contribution in [0.1, 0.15) is 70.0 Å². The molecular formula is C14H24N2S. The summed E-state index contributed by atoms with van der Waals surface area (Å²) >= 11 is 1.75. The summed E-state index contributed by atoms with van der Waals surface area (Å²) in [5.74, 6) is 0.503. The van der Waals surface area contributed by atoms with Gasteiger partial charge in [-0.1, -0.05) is 27.7 Å². The summed E-state index contributed by atoms with van der Waals surface area (Å²) < 4.78 is 0. The highest BCUT2D eigenvalue weighted by Gasteiger charge is 2.38. The van der Waals surface area contributed by atoms with Crippen molar-refractivity contribution >= 4 is 11.3 Å². The summed E-state index contributed by atoms with van der Waals surface area (Å²) in [5, 5.41) is 3.32. The predicted octanol–water partition coefficient (Wildman–Crippen LogP) is 4.02. The third-order valence-corrected chi connectivity index (χ3v) is 5.12. The normalized spacial score (nSPS) is 22.9. The van der Waals surface area contributed by atoms with Crippen molar-refractivity contribution in [2.75, 3.05) is 0 Å². The molecule has 0 aliphatic heterocycles. The minimum absolute atomic E-state index is 0.159. The first kappa shape index (κ1) is 13.0. The van der Waals surface area contributed by atoms with E-state index < -0.39 is 0 Å². The van der Waals surface area contributed by atoms with Crippen LogP contribution in [0.3, 0.4) is 0 Å². The SMILES string of the molecule is CC(C)c1csc(C2(N)CCC(C)(C)CC2)n1. The van der Waals surface area contributed by atoms with Crippen molar-refractivity contribution in [3.63, 3.8) is 0 Å². The van der Waals surface area contributed by atoms with Gasteiger partial charge in [-0.15, -0.1) is 11.3 Å². The molecule has 1 aromatic heterocycles. The fourth-order valence-electron chi connectivity index (χ4n) is 2.37. The van der Waals surface area contributed by atoms with Crippen molar-refractivity contribution in [2.45, 2.75) is 64.8 Å². The molecule has 1 fully saturated rings. The summed E-state index contributed by atoms with van der Waals surface area (Å²) in [6.07, 6.45) is 4.57. The number of rotatable bonds is 2. The first-order valence-electron chi connectivity index (χ1n) is 6.57. The Morgan fingerprint density at radius 1 is 1.24 bits per heavy atom. The van der Waals surface area contributed by atoms with E-state index in [1.807, 2.05) is 0 Å². The average Bonchev–Trinajstić information content (AvgIpc) is 2.73. The summed E-state index contributed by atoms with van der Waals surface area (Å²) in [6.45, 7) is 9.06. The maximum absolute atomic E-state index is 6.56. The summed E-state index contributed by atoms with van der Waals surface area (Å²) in [5.41, 5.74) is 8.06. The van der Waals surface area contributed by atoms with Crippen LogP contribution in [0.5, 0.6) is 0 Å². The van der Waals surface area contributed by atoms with E-state index in [4.69, 9.17) is 10.7 Å². The highest BCUT2D eigenvalue weighted by Crippen LogP contribution is 2.44. The number of thiazole rings is 1. The van der Waals surface area contributed by atoms with Crippen molar-refractivity contribution < 1.29 is 0 Å². The summed E-state index contributed by atoms with van der Waals surface area (Å²) in [6, 6.07) is 0. The van der Waals surface area contributed by atoms with Crippen LogP contribution in [0.15, 0.2) is 5.38 Å². The highest BCUT2D eigenvalue weighted by atomic mass is 32.1. The van der Waals surface area contributed by atoms with E-state index in [0.717, 1.165) is 17.8 Å². The molecule has 3 heteroatoms. The van der Waals surface area contributed by atoms with Gasteiger partial charge in [0.15, 0.2) is 0 Å². The molecule has 1 aromatic rings. The van der Waals surface area contributed by atoms with E-state index in [0.29, 0.717) is 11.3 Å². The van der Waals surface area contributed by atoms with Gasteiger partial charge >= 0.3 is 0 Å². The largest absolute Gasteiger partial charge is 0.319 e. The van der Waals surface area contributed by atoms with Crippen LogP contribution in [-0.4, -0.2) is 4.98 Å². The summed E-state index contributed by atoms with van der Waals surface area (Å²) in [7, 11) is 0. The lowest BCUT2D eigenvalue weighted by molar-refractivity contribution is 0.165. The quantitative estimate of drug-likeness (QED) is 0.863. The Kier molecular flexibility index (Phi) is 3.34. The molecule has 0 spiro atoms. The monoisotopic (exact) mass is 252 g/mol. The van der Waals surface area contributed by atoms with Crippen LogP contribution in [-0.2, 0) is 5.54 Å². The fourth-order valence-corrected chi connectivity index (χ4v) is 3.52. The first-order chi connectivity index (χ1) is 7.82. The number of aromatic nitrogens is 1. The number of hydrogen-bond acceptors (Lipinski definition) is 3. The van der Waals surface area contributed by atoms with Crippen molar-refractivity contribution in [1.29, 1.82) is 0 Å². The van der Waals surface area contributed by atoms with Crippen molar-refractivity contribution in [2.24, 2.45) is 11.1 Å². The molecule has 1 saturated carbocycles. The number of hydrogen-bond donors (Lipinski definition) is 1. The molecule has 0 unspecified atom stereocenters. The molecule has 1 heterocycles. The van der Waals surface area contributed by atoms with E-state index in [9.17, 15) is 0 Å². The summed E-state index contributed by atoms with van der Waals surface area (Å²) in [4.78, 5) is 4.75. The Labute approximate surface area is 109 Å². The third kappa shape index (κ3) is 2.71. The van der Waals surface area contributed by atoms with Crippen molar-refractivity contribution in [1.82, 2.24) is 4.98 Å². The van der Waals surface area contributed by atoms with Gasteiger partial charge in [-0.3, -0.25) is 0 Å². The second-order valence-electron chi connectivity index (χ2n) is 6.55. The highest BCUT2D eigenvalue weighted by molar-refractivity contribution is 7.09. The van der Waals surface area contributed by atoms with Gasteiger partial charge in [0.25, 0.3) is 0 Å². The van der Waals surface area contributed by atoms with Gasteiger partial charge < -0.3 is 5.73 Å². The van der Waals surface area contributed by atoms with Crippen LogP contribution < -0.4 is 5.73 Å². The second-order valence-corrected chi connectivity index (χ2v) is 7.41. The molecule has 0 saturated heterocycles. The van der Waals surface area contributed by atoms with Crippen LogP contribution in [0.2, 0.25) is 0 Å². The van der Waals surface area contributed by atoms with Crippen LogP contribution in [0.25, 0.3) is 0 Å². The van der Waals surface area contributed by atoms with Gasteiger partial charge in [0.1, 0.15) is 5.01 Å². The standard InChI is InChI=1S/C14H24N2S/c1-10(2)11-9-17-12(16-11)14(15)7-5-13(3,4)6-8-14/h9-10H,5-8,15H2,1-4H3. The Bertz CT molecular complexity index is 383. The molecule has 0 atom stereocenters. The Morgan fingerprint density at radius 2 is 1.82 bits per heavy atom. The van der Waals surface area contributed by atoms with Gasteiger partial charge in [0.05, 0.1) is 11.2 Å². The molecule has 1 aliphatic carbocycles. The maximum atomic E-state index is 6.56. The van der Waals surface area contributed by atoms with E-state index in [2.05, 4.69) is 33.1 Å². The third-order valence-electron chi connectivity index (χ3n) is 4.04. The molecule has 2 rings (SSSR count). The fraction of sp³-hybridized carbons (Fsp3) is 0.786. The lowest BCUT2D eigenvalue weighted by Gasteiger charge is -2.40. The Balaban J connectivity index is 2.16. The van der Waals surface area contributed by atoms with E-state index in [-0.39, 0.29) is 5.54 Å². The van der Waals surface area contributed by atoms with E-state index >= 15 is 0 Å². The molecule has 96 valence electrons. The zero-order valence-corrected chi connectivity index (χ0v) is 12.2. The molecule has 2 N–H and O–H groups in total. The van der Waals surface area contributed by atoms with Crippen molar-refractivity contribution in [3.8, 4) is 0 Å². The topological polar surface area (TPSA) is 38.9 Å². The number of nitrogens with two attached hydrogens (primary N) is 1. The zero-order chi connectivity index (χ0) is 12.7. The lowest BCUT2D eigenvalue weighted by atomic mass is 9.70. The van der Waals surface area contributed by atoms with Gasteiger partial charge in [0.2, 0.25) is 0 Å². The average molecular weight is 252 g/mol. The molecule has 0 bridgehead atoms. The Hall–Kier alpha value is -0.410. The second kappa shape index (κ2) is 4.36. The molecule has 2 nitrogen and oxygen atoms in total. The molecular weight excluding hydrogens is 228 g/mol. The van der Waals surface area contributed by atoms with Crippen LogP contribution in [0, 0.1) is 5.41 Å². The zero-order valence-electron chi connectivity index (χ0n) is 11.4. The molecule has 0 radical (unpaired) electrons. The van der Waals surface area contributed by atoms with Crippen LogP contribution in [0.4, 0.5) is 0 Å². The predicted molar refractivity (Wildman–Crippen MR) is 74.3 cm³/mol. The van der Waals surface area contributed by atoms with Crippen LogP contribution >= 0.6 is 11.3 Å². The minimum atomic E-state index is -0.159. The smallest absolute Gasteiger partial charge is 0.113 e. The van der Waals surface area contributed by atoms with E-state index in [1.165, 1.54) is 18.5 Å². The minimum Gasteiger partial charge on any atom is -0.319 e. The van der Waals surface area contributed by atoms with Gasteiger partial charge in [-0.05, 0) is 37.0 Å². The van der Waals surface area contributed by atoms with Gasteiger partial charge in [0, 0.05) is 5.38 Å². The van der Waals surface area contributed by atoms with Crippen molar-refractivity contribution in [3.05, 3.63) is 16.1 Å². The molecule has 1 aliphatic rings. The van der Waals surface area contributed by atoms with Gasteiger partial charge in [-0.2, -0.15) is 0 Å².